The van der Waals surface area contributed by atoms with Crippen LogP contribution >= 0.6 is 11.3 Å². The van der Waals surface area contributed by atoms with Gasteiger partial charge >= 0.3 is 6.09 Å². The maximum absolute atomic E-state index is 14.0. The summed E-state index contributed by atoms with van der Waals surface area (Å²) in [6, 6.07) is 10.8. The molecule has 0 bridgehead atoms. The fraction of sp³-hybridized carbons (Fsp3) is 0.320. The quantitative estimate of drug-likeness (QED) is 0.460. The maximum Gasteiger partial charge on any atom is 0.410 e. The van der Waals surface area contributed by atoms with Crippen LogP contribution in [-0.2, 0) is 4.74 Å². The van der Waals surface area contributed by atoms with E-state index in [0.29, 0.717) is 37.0 Å². The smallest absolute Gasteiger partial charge is 0.410 e. The van der Waals surface area contributed by atoms with Crippen LogP contribution in [0.4, 0.5) is 35.9 Å². The van der Waals surface area contributed by atoms with Crippen molar-refractivity contribution in [3.8, 4) is 0 Å². The zero-order valence-electron chi connectivity index (χ0n) is 20.2. The minimum Gasteiger partial charge on any atom is -0.444 e. The molecule has 0 radical (unpaired) electrons. The molecule has 0 saturated carbocycles. The Kier molecular flexibility index (Phi) is 7.11. The van der Waals surface area contributed by atoms with Crippen LogP contribution in [0, 0.1) is 11.6 Å². The molecule has 0 atom stereocenters. The van der Waals surface area contributed by atoms with Crippen LogP contribution in [0.2, 0.25) is 0 Å². The molecule has 36 heavy (non-hydrogen) atoms. The summed E-state index contributed by atoms with van der Waals surface area (Å²) in [7, 11) is 0. The van der Waals surface area contributed by atoms with Crippen molar-refractivity contribution in [1.29, 1.82) is 0 Å². The van der Waals surface area contributed by atoms with Gasteiger partial charge in [0.15, 0.2) is 5.13 Å². The van der Waals surface area contributed by atoms with E-state index in [9.17, 15) is 18.4 Å². The molecule has 11 heteroatoms. The van der Waals surface area contributed by atoms with Gasteiger partial charge in [0.25, 0.3) is 0 Å². The summed E-state index contributed by atoms with van der Waals surface area (Å²) < 4.78 is 33.5. The molecule has 3 N–H and O–H groups in total. The average Bonchev–Trinajstić information content (AvgIpc) is 3.18. The Morgan fingerprint density at radius 3 is 2.22 bits per heavy atom. The Bertz CT molecular complexity index is 1250. The lowest BCUT2D eigenvalue weighted by atomic mass is 10.1. The Hall–Kier alpha value is -3.73. The Morgan fingerprint density at radius 1 is 1.03 bits per heavy atom. The first-order chi connectivity index (χ1) is 17.0. The van der Waals surface area contributed by atoms with Gasteiger partial charge in [-0.25, -0.2) is 18.6 Å². The first kappa shape index (κ1) is 25.4. The third kappa shape index (κ3) is 5.73. The van der Waals surface area contributed by atoms with Crippen molar-refractivity contribution in [3.63, 3.8) is 0 Å². The number of nitrogens with one attached hydrogen (secondary N) is 1. The highest BCUT2D eigenvalue weighted by molar-refractivity contribution is 7.18. The minimum atomic E-state index is -0.954. The lowest BCUT2D eigenvalue weighted by Crippen LogP contribution is -2.50. The molecule has 190 valence electrons. The summed E-state index contributed by atoms with van der Waals surface area (Å²) in [5.74, 6) is -2.86. The van der Waals surface area contributed by atoms with Gasteiger partial charge in [0.2, 0.25) is 5.78 Å². The highest BCUT2D eigenvalue weighted by Crippen LogP contribution is 2.31. The van der Waals surface area contributed by atoms with E-state index in [0.717, 1.165) is 29.2 Å². The molecule has 2 aromatic carbocycles. The van der Waals surface area contributed by atoms with E-state index in [4.69, 9.17) is 10.5 Å². The van der Waals surface area contributed by atoms with Crippen molar-refractivity contribution in [3.05, 3.63) is 64.5 Å². The van der Waals surface area contributed by atoms with Crippen LogP contribution in [0.5, 0.6) is 0 Å². The zero-order chi connectivity index (χ0) is 26.0. The molecule has 3 aromatic rings. The number of nitrogen functional groups attached to an aromatic ring is 1. The van der Waals surface area contributed by atoms with Crippen molar-refractivity contribution in [2.45, 2.75) is 26.4 Å². The van der Waals surface area contributed by atoms with Crippen LogP contribution < -0.4 is 16.0 Å². The van der Waals surface area contributed by atoms with E-state index in [-0.39, 0.29) is 16.8 Å². The molecule has 1 fully saturated rings. The van der Waals surface area contributed by atoms with Crippen molar-refractivity contribution in [2.24, 2.45) is 0 Å². The Balaban J connectivity index is 1.38. The van der Waals surface area contributed by atoms with Crippen LogP contribution in [0.1, 0.15) is 36.0 Å². The molecule has 0 aliphatic carbocycles. The number of aromatic nitrogens is 1. The number of carbonyl (C=O) groups excluding carboxylic acids is 2. The van der Waals surface area contributed by atoms with Gasteiger partial charge in [0.1, 0.15) is 27.9 Å². The second kappa shape index (κ2) is 10.1. The van der Waals surface area contributed by atoms with Crippen molar-refractivity contribution in [2.75, 3.05) is 42.1 Å². The number of carbonyl (C=O) groups is 2. The molecule has 4 rings (SSSR count). The van der Waals surface area contributed by atoms with E-state index in [1.165, 1.54) is 6.07 Å². The molecule has 1 saturated heterocycles. The first-order valence-corrected chi connectivity index (χ1v) is 12.2. The molecular weight excluding hydrogens is 488 g/mol. The molecular formula is C25H27F2N5O3S. The van der Waals surface area contributed by atoms with Gasteiger partial charge in [-0.3, -0.25) is 4.79 Å². The predicted molar refractivity (Wildman–Crippen MR) is 136 cm³/mol. The predicted octanol–water partition coefficient (Wildman–Crippen LogP) is 5.04. The zero-order valence-corrected chi connectivity index (χ0v) is 21.0. The normalized spacial score (nSPS) is 14.0. The van der Waals surface area contributed by atoms with Crippen LogP contribution in [0.15, 0.2) is 42.5 Å². The van der Waals surface area contributed by atoms with Crippen LogP contribution in [0.25, 0.3) is 0 Å². The molecule has 8 nitrogen and oxygen atoms in total. The topological polar surface area (TPSA) is 101 Å². The number of anilines is 4. The maximum atomic E-state index is 14.0. The van der Waals surface area contributed by atoms with Crippen LogP contribution in [-0.4, -0.2) is 53.5 Å². The Morgan fingerprint density at radius 2 is 1.64 bits per heavy atom. The van der Waals surface area contributed by atoms with Gasteiger partial charge in [-0.05, 0) is 57.2 Å². The standard InChI is InChI=1S/C25H27F2N5O3S/c1-25(2,3)35-24(34)32-13-11-31(12-14-32)16-9-7-15(8-10-16)29-23-30-22(28)21(36-23)20(33)19-17(26)5-4-6-18(19)27/h4-10H,11-14,28H2,1-3H3,(H,29,30). The number of benzene rings is 2. The Labute approximate surface area is 211 Å². The number of hydrogen-bond donors (Lipinski definition) is 2. The number of piperazine rings is 1. The van der Waals surface area contributed by atoms with E-state index >= 15 is 0 Å². The lowest BCUT2D eigenvalue weighted by molar-refractivity contribution is 0.0240. The number of ether oxygens (including phenoxy) is 1. The van der Waals surface area contributed by atoms with Gasteiger partial charge in [-0.15, -0.1) is 0 Å². The van der Waals surface area contributed by atoms with Gasteiger partial charge in [0.05, 0.1) is 5.56 Å². The number of amides is 1. The third-order valence-corrected chi connectivity index (χ3v) is 6.45. The van der Waals surface area contributed by atoms with Crippen molar-refractivity contribution < 1.29 is 23.1 Å². The second-order valence-electron chi connectivity index (χ2n) is 9.29. The minimum absolute atomic E-state index is 0.0408. The van der Waals surface area contributed by atoms with Gasteiger partial charge in [-0.1, -0.05) is 17.4 Å². The van der Waals surface area contributed by atoms with Gasteiger partial charge in [-0.2, -0.15) is 0 Å². The summed E-state index contributed by atoms with van der Waals surface area (Å²) in [4.78, 5) is 32.9. The molecule has 1 aromatic heterocycles. The number of ketones is 1. The highest BCUT2D eigenvalue weighted by Gasteiger charge is 2.26. The molecule has 1 aliphatic heterocycles. The fourth-order valence-corrected chi connectivity index (χ4v) is 4.58. The molecule has 0 spiro atoms. The summed E-state index contributed by atoms with van der Waals surface area (Å²) in [6.45, 7) is 8.01. The first-order valence-electron chi connectivity index (χ1n) is 11.4. The fourth-order valence-electron chi connectivity index (χ4n) is 3.73. The van der Waals surface area contributed by atoms with Gasteiger partial charge < -0.3 is 25.6 Å². The van der Waals surface area contributed by atoms with Gasteiger partial charge in [0, 0.05) is 37.6 Å². The molecule has 1 aliphatic rings. The van der Waals surface area contributed by atoms with Crippen molar-refractivity contribution in [1.82, 2.24) is 9.88 Å². The number of nitrogens with two attached hydrogens (primary N) is 1. The van der Waals surface area contributed by atoms with E-state index < -0.39 is 28.6 Å². The number of halogens is 2. The highest BCUT2D eigenvalue weighted by atomic mass is 32.1. The van der Waals surface area contributed by atoms with E-state index in [1.807, 2.05) is 45.0 Å². The number of thiazole rings is 1. The summed E-state index contributed by atoms with van der Waals surface area (Å²) >= 11 is 0.924. The largest absolute Gasteiger partial charge is 0.444 e. The summed E-state index contributed by atoms with van der Waals surface area (Å²) in [5, 5.41) is 3.40. The van der Waals surface area contributed by atoms with E-state index in [2.05, 4.69) is 15.2 Å². The summed E-state index contributed by atoms with van der Waals surface area (Å²) in [5.41, 5.74) is 6.39. The number of rotatable bonds is 5. The average molecular weight is 516 g/mol. The molecule has 1 amide bonds. The molecule has 2 heterocycles. The summed E-state index contributed by atoms with van der Waals surface area (Å²) in [6.07, 6.45) is -0.306. The molecule has 0 unspecified atom stereocenters. The SMILES string of the molecule is CC(C)(C)OC(=O)N1CCN(c2ccc(Nc3nc(N)c(C(=O)c4c(F)cccc4F)s3)cc2)CC1. The van der Waals surface area contributed by atoms with Crippen molar-refractivity contribution >= 4 is 45.5 Å². The third-order valence-electron chi connectivity index (χ3n) is 5.46. The van der Waals surface area contributed by atoms with E-state index in [1.54, 1.807) is 4.90 Å². The number of hydrogen-bond acceptors (Lipinski definition) is 8. The monoisotopic (exact) mass is 515 g/mol. The number of nitrogens with zero attached hydrogens (tertiary/aromatic N) is 3. The second-order valence-corrected chi connectivity index (χ2v) is 10.3. The lowest BCUT2D eigenvalue weighted by Gasteiger charge is -2.36. The van der Waals surface area contributed by atoms with Crippen LogP contribution in [0.3, 0.4) is 0 Å².